The number of nitrogens with zero attached hydrogens (tertiary/aromatic N) is 10. The molecule has 196 valence electrons. The minimum atomic E-state index is -4.05. The second-order valence-corrected chi connectivity index (χ2v) is 9.18. The van der Waals surface area contributed by atoms with Crippen molar-refractivity contribution in [2.45, 2.75) is 0 Å². The molecule has 0 saturated carbocycles. The lowest BCUT2D eigenvalue weighted by molar-refractivity contribution is -0.385. The Morgan fingerprint density at radius 1 is 0.763 bits per heavy atom. The summed E-state index contributed by atoms with van der Waals surface area (Å²) in [4.78, 5) is 46.9. The van der Waals surface area contributed by atoms with Crippen LogP contribution in [0, 0.1) is 26.0 Å². The van der Waals surface area contributed by atoms with Crippen LogP contribution in [0.2, 0.25) is 0 Å². The molecule has 2 heterocycles. The largest absolute Gasteiger partial charge is 0.374 e. The molecule has 4 rings (SSSR count). The molecule has 2 aromatic heterocycles. The number of hydrogen-bond acceptors (Lipinski definition) is 13. The van der Waals surface area contributed by atoms with Crippen molar-refractivity contribution in [1.29, 1.82) is 0 Å². The molecule has 0 atom stereocenters. The van der Waals surface area contributed by atoms with E-state index < -0.39 is 34.6 Å². The van der Waals surface area contributed by atoms with Gasteiger partial charge in [-0.25, -0.2) is 9.59 Å². The Morgan fingerprint density at radius 3 is 1.45 bits per heavy atom. The zero-order valence-electron chi connectivity index (χ0n) is 19.3. The Balaban J connectivity index is 1.85. The number of benzene rings is 2. The van der Waals surface area contributed by atoms with E-state index in [1.165, 1.54) is 24.3 Å². The van der Waals surface area contributed by atoms with Gasteiger partial charge in [0.2, 0.25) is 0 Å². The van der Waals surface area contributed by atoms with Gasteiger partial charge < -0.3 is 9.05 Å². The molecule has 0 bridgehead atoms. The first-order chi connectivity index (χ1) is 18.1. The molecule has 0 spiro atoms. The van der Waals surface area contributed by atoms with Gasteiger partial charge in [-0.1, -0.05) is 0 Å². The van der Waals surface area contributed by atoms with E-state index in [1.807, 2.05) is 0 Å². The highest BCUT2D eigenvalue weighted by Crippen LogP contribution is 2.48. The summed E-state index contributed by atoms with van der Waals surface area (Å²) in [6.45, 7) is 0. The van der Waals surface area contributed by atoms with Crippen LogP contribution < -0.4 is 11.4 Å². The van der Waals surface area contributed by atoms with Crippen LogP contribution in [-0.4, -0.2) is 63.6 Å². The molecule has 19 nitrogen and oxygen atoms in total. The fourth-order valence-corrected chi connectivity index (χ4v) is 3.92. The van der Waals surface area contributed by atoms with Gasteiger partial charge in [0.25, 0.3) is 11.4 Å². The van der Waals surface area contributed by atoms with Crippen molar-refractivity contribution in [3.8, 4) is 11.4 Å². The van der Waals surface area contributed by atoms with Gasteiger partial charge in [0.15, 0.2) is 5.82 Å². The Kier molecular flexibility index (Phi) is 6.89. The third-order valence-corrected chi connectivity index (χ3v) is 6.55. The first-order valence-electron chi connectivity index (χ1n) is 10.1. The summed E-state index contributed by atoms with van der Waals surface area (Å²) >= 11 is 0. The van der Waals surface area contributed by atoms with Gasteiger partial charge in [0, 0.05) is 38.5 Å². The summed E-state index contributed by atoms with van der Waals surface area (Å²) in [6.07, 6.45) is 0. The second-order valence-electron chi connectivity index (χ2n) is 7.11. The minimum Gasteiger partial charge on any atom is -0.309 e. The predicted molar refractivity (Wildman–Crippen MR) is 125 cm³/mol. The first kappa shape index (κ1) is 25.9. The highest BCUT2D eigenvalue weighted by Gasteiger charge is 2.26. The fourth-order valence-electron chi connectivity index (χ4n) is 3.06. The van der Waals surface area contributed by atoms with Crippen LogP contribution in [-0.2, 0) is 13.6 Å². The van der Waals surface area contributed by atoms with Crippen LogP contribution in [0.5, 0.6) is 0 Å². The fraction of sp³-hybridized carbons (Fsp3) is 0.111. The number of non-ortho nitro benzene ring substituents is 2. The first-order valence-corrected chi connectivity index (χ1v) is 11.7. The maximum Gasteiger partial charge on any atom is 0.374 e. The van der Waals surface area contributed by atoms with Gasteiger partial charge in [-0.15, -0.1) is 9.36 Å². The van der Waals surface area contributed by atoms with Crippen molar-refractivity contribution in [2.24, 2.45) is 0 Å². The SMILES string of the molecule is COP(=O)(C=C(n1nnn(-c2ccc([N+](=O)[O-])cc2)c1=O)n1nnn(-c2ccc([N+](=O)[O-])cc2)c1=O)OC. The molecule has 0 fully saturated rings. The number of tetrazole rings is 2. The molecular formula is C18H15N10O9P. The third kappa shape index (κ3) is 4.78. The van der Waals surface area contributed by atoms with Crippen molar-refractivity contribution in [2.75, 3.05) is 14.2 Å². The maximum absolute atomic E-state index is 13.2. The van der Waals surface area contributed by atoms with E-state index in [4.69, 9.17) is 9.05 Å². The average Bonchev–Trinajstić information content (AvgIpc) is 3.49. The quantitative estimate of drug-likeness (QED) is 0.159. The molecular weight excluding hydrogens is 531 g/mol. The van der Waals surface area contributed by atoms with E-state index in [0.717, 1.165) is 53.7 Å². The van der Waals surface area contributed by atoms with E-state index in [2.05, 4.69) is 20.9 Å². The van der Waals surface area contributed by atoms with E-state index in [-0.39, 0.29) is 22.7 Å². The van der Waals surface area contributed by atoms with Gasteiger partial charge >= 0.3 is 19.0 Å². The summed E-state index contributed by atoms with van der Waals surface area (Å²) in [6, 6.07) is 9.54. The number of hydrogen-bond donors (Lipinski definition) is 0. The lowest BCUT2D eigenvalue weighted by atomic mass is 10.3. The van der Waals surface area contributed by atoms with Gasteiger partial charge in [-0.3, -0.25) is 24.8 Å². The smallest absolute Gasteiger partial charge is 0.309 e. The molecule has 0 aliphatic heterocycles. The molecule has 0 aliphatic carbocycles. The lowest BCUT2D eigenvalue weighted by Crippen LogP contribution is -2.34. The van der Waals surface area contributed by atoms with Gasteiger partial charge in [0.05, 0.1) is 27.0 Å². The standard InChI is InChI=1S/C18H15N10O9P/c1-36-38(35,37-2)11-16(25-17(29)23(19-21-25)12-3-7-14(8-4-12)27(31)32)26-18(30)24(20-22-26)13-5-9-15(10-6-13)28(33)34/h3-11H,1-2H3. The van der Waals surface area contributed by atoms with Crippen LogP contribution in [0.1, 0.15) is 0 Å². The van der Waals surface area contributed by atoms with Crippen molar-refractivity contribution >= 4 is 19.0 Å². The molecule has 0 saturated heterocycles. The van der Waals surface area contributed by atoms with E-state index >= 15 is 0 Å². The zero-order valence-corrected chi connectivity index (χ0v) is 20.2. The Hall–Kier alpha value is -5.13. The molecule has 4 aromatic rings. The summed E-state index contributed by atoms with van der Waals surface area (Å²) in [5.74, 6) is 0.257. The predicted octanol–water partition coefficient (Wildman–Crippen LogP) is 0.595. The average molecular weight is 546 g/mol. The third-order valence-electron chi connectivity index (χ3n) is 4.99. The monoisotopic (exact) mass is 546 g/mol. The molecule has 0 aliphatic rings. The van der Waals surface area contributed by atoms with Crippen LogP contribution in [0.25, 0.3) is 11.4 Å². The summed E-state index contributed by atoms with van der Waals surface area (Å²) in [7, 11) is -1.93. The molecule has 0 N–H and O–H groups in total. The molecule has 0 radical (unpaired) electrons. The Labute approximate surface area is 209 Å². The Bertz CT molecular complexity index is 1600. The van der Waals surface area contributed by atoms with Gasteiger partial charge in [-0.05, 0) is 45.1 Å². The molecule has 0 unspecified atom stereocenters. The van der Waals surface area contributed by atoms with Crippen LogP contribution in [0.4, 0.5) is 11.4 Å². The minimum absolute atomic E-state index is 0.0924. The van der Waals surface area contributed by atoms with E-state index in [0.29, 0.717) is 9.36 Å². The van der Waals surface area contributed by atoms with E-state index in [9.17, 15) is 34.4 Å². The molecule has 38 heavy (non-hydrogen) atoms. The highest BCUT2D eigenvalue weighted by atomic mass is 31.2. The summed E-state index contributed by atoms with van der Waals surface area (Å²) in [5, 5.41) is 36.6. The second kappa shape index (κ2) is 10.1. The highest BCUT2D eigenvalue weighted by molar-refractivity contribution is 7.57. The normalized spacial score (nSPS) is 11.3. The maximum atomic E-state index is 13.2. The molecule has 20 heteroatoms. The lowest BCUT2D eigenvalue weighted by Gasteiger charge is -2.11. The van der Waals surface area contributed by atoms with Gasteiger partial charge in [0.1, 0.15) is 0 Å². The number of nitro benzene ring substituents is 2. The summed E-state index contributed by atoms with van der Waals surface area (Å²) in [5.41, 5.74) is -2.25. The number of nitro groups is 2. The van der Waals surface area contributed by atoms with Crippen LogP contribution >= 0.6 is 7.60 Å². The number of aromatic nitrogens is 8. The van der Waals surface area contributed by atoms with Crippen LogP contribution in [0.3, 0.4) is 0 Å². The van der Waals surface area contributed by atoms with Crippen molar-refractivity contribution in [3.63, 3.8) is 0 Å². The van der Waals surface area contributed by atoms with E-state index in [1.54, 1.807) is 0 Å². The zero-order chi connectivity index (χ0) is 27.6. The van der Waals surface area contributed by atoms with Crippen molar-refractivity contribution < 1.29 is 23.5 Å². The molecule has 0 amide bonds. The molecule has 2 aromatic carbocycles. The topological polar surface area (TPSA) is 227 Å². The van der Waals surface area contributed by atoms with Crippen LogP contribution in [0.15, 0.2) is 63.9 Å². The van der Waals surface area contributed by atoms with Crippen molar-refractivity contribution in [3.05, 3.63) is 101 Å². The number of rotatable bonds is 9. The van der Waals surface area contributed by atoms with Crippen molar-refractivity contribution in [1.82, 2.24) is 39.6 Å². The Morgan fingerprint density at radius 2 is 1.13 bits per heavy atom. The summed E-state index contributed by atoms with van der Waals surface area (Å²) < 4.78 is 25.3. The van der Waals surface area contributed by atoms with Gasteiger partial charge in [-0.2, -0.15) is 9.36 Å².